The lowest BCUT2D eigenvalue weighted by Crippen LogP contribution is -2.45. The molecule has 9 heteroatoms. The molecule has 0 aliphatic heterocycles. The summed E-state index contributed by atoms with van der Waals surface area (Å²) < 4.78 is 23.1. The van der Waals surface area contributed by atoms with Gasteiger partial charge in [0.1, 0.15) is 13.2 Å². The van der Waals surface area contributed by atoms with Gasteiger partial charge < -0.3 is 28.8 Å². The highest BCUT2D eigenvalue weighted by Crippen LogP contribution is 2.38. The Bertz CT molecular complexity index is 933. The number of nitrogens with zero attached hydrogens (tertiary/aromatic N) is 1. The van der Waals surface area contributed by atoms with E-state index in [0.29, 0.717) is 17.4 Å². The van der Waals surface area contributed by atoms with E-state index >= 15 is 0 Å². The van der Waals surface area contributed by atoms with Crippen LogP contribution in [0.2, 0.25) is 0 Å². The topological polar surface area (TPSA) is 108 Å². The van der Waals surface area contributed by atoms with Crippen LogP contribution < -0.4 is 10.2 Å². The van der Waals surface area contributed by atoms with Gasteiger partial charge in [-0.2, -0.15) is 0 Å². The molecule has 0 fully saturated rings. The molecule has 0 saturated heterocycles. The second-order valence-electron chi connectivity index (χ2n) is 15.3. The highest BCUT2D eigenvalue weighted by molar-refractivity contribution is 7.45. The molecule has 0 aromatic carbocycles. The van der Waals surface area contributed by atoms with E-state index in [-0.39, 0.29) is 12.5 Å². The number of carbonyl (C=O) groups is 1. The quantitative estimate of drug-likeness (QED) is 0.0284. The second-order valence-corrected chi connectivity index (χ2v) is 16.7. The Morgan fingerprint density at radius 1 is 0.667 bits per heavy atom. The summed E-state index contributed by atoms with van der Waals surface area (Å²) in [6.45, 7) is 4.58. The fraction of sp³-hybridized carbons (Fsp3) is 0.833. The molecule has 1 amide bonds. The van der Waals surface area contributed by atoms with Gasteiger partial charge in [-0.05, 0) is 44.9 Å². The summed E-state index contributed by atoms with van der Waals surface area (Å²) in [5.74, 6) is -0.217. The minimum Gasteiger partial charge on any atom is -0.756 e. The maximum Gasteiger partial charge on any atom is 0.268 e. The molecule has 3 atom stereocenters. The van der Waals surface area contributed by atoms with Gasteiger partial charge in [-0.15, -0.1) is 0 Å². The Morgan fingerprint density at radius 3 is 1.59 bits per heavy atom. The van der Waals surface area contributed by atoms with E-state index in [1.165, 1.54) is 109 Å². The van der Waals surface area contributed by atoms with Crippen LogP contribution in [-0.4, -0.2) is 68.5 Å². The van der Waals surface area contributed by atoms with Crippen LogP contribution in [0, 0.1) is 0 Å². The number of phosphoric ester groups is 1. The monoisotopic (exact) mass is 741 g/mol. The van der Waals surface area contributed by atoms with Crippen molar-refractivity contribution >= 4 is 13.7 Å². The third kappa shape index (κ3) is 36.9. The summed E-state index contributed by atoms with van der Waals surface area (Å²) in [6.07, 6.45) is 40.6. The van der Waals surface area contributed by atoms with E-state index in [4.69, 9.17) is 9.05 Å². The first-order valence-corrected chi connectivity index (χ1v) is 22.3. The van der Waals surface area contributed by atoms with E-state index in [9.17, 15) is 19.4 Å². The number of allylic oxidation sites excluding steroid dienone is 5. The number of phosphoric acid groups is 1. The lowest BCUT2D eigenvalue weighted by Gasteiger charge is -2.29. The molecule has 300 valence electrons. The van der Waals surface area contributed by atoms with Crippen LogP contribution in [0.1, 0.15) is 174 Å². The molecule has 51 heavy (non-hydrogen) atoms. The molecule has 0 rings (SSSR count). The Balaban J connectivity index is 4.48. The number of hydrogen-bond acceptors (Lipinski definition) is 6. The Kier molecular flexibility index (Phi) is 33.6. The summed E-state index contributed by atoms with van der Waals surface area (Å²) in [5.41, 5.74) is 0. The van der Waals surface area contributed by atoms with E-state index in [2.05, 4.69) is 43.5 Å². The molecule has 8 nitrogen and oxygen atoms in total. The zero-order valence-corrected chi connectivity index (χ0v) is 34.7. The standard InChI is InChI=1S/C42H81N2O6P/c1-6-8-10-12-14-16-17-18-19-20-21-22-23-24-25-26-28-29-31-33-35-41(45)40(39-50-51(47,48)49-38-37-44(3,4)5)43-42(46)36-34-32-30-27-15-13-11-9-7-2/h22-23,26,28,33,35,40-41,45H,6-21,24-25,27,29-32,34,36-39H2,1-5H3,(H-,43,46,47,48)/b23-22+,28-26+,35-33+. The van der Waals surface area contributed by atoms with Gasteiger partial charge in [0.15, 0.2) is 0 Å². The third-order valence-electron chi connectivity index (χ3n) is 9.08. The van der Waals surface area contributed by atoms with E-state index < -0.39 is 26.6 Å². The average molecular weight is 741 g/mol. The van der Waals surface area contributed by atoms with Crippen molar-refractivity contribution in [1.29, 1.82) is 0 Å². The van der Waals surface area contributed by atoms with Crippen molar-refractivity contribution in [2.45, 2.75) is 187 Å². The number of likely N-dealkylation sites (N-methyl/N-ethyl adjacent to an activating group) is 1. The van der Waals surface area contributed by atoms with Gasteiger partial charge in [0.2, 0.25) is 5.91 Å². The number of aliphatic hydroxyl groups excluding tert-OH is 1. The van der Waals surface area contributed by atoms with Crippen molar-refractivity contribution in [2.24, 2.45) is 0 Å². The first kappa shape index (κ1) is 49.7. The van der Waals surface area contributed by atoms with Crippen molar-refractivity contribution in [3.8, 4) is 0 Å². The van der Waals surface area contributed by atoms with E-state index in [1.54, 1.807) is 6.08 Å². The molecule has 0 aromatic heterocycles. The molecule has 0 spiro atoms. The number of carbonyl (C=O) groups excluding carboxylic acids is 1. The number of unbranched alkanes of at least 4 members (excludes halogenated alkanes) is 20. The van der Waals surface area contributed by atoms with Crippen LogP contribution in [-0.2, 0) is 18.4 Å². The summed E-state index contributed by atoms with van der Waals surface area (Å²) in [5, 5.41) is 13.7. The summed E-state index contributed by atoms with van der Waals surface area (Å²) in [7, 11) is 1.23. The maximum absolute atomic E-state index is 12.7. The largest absolute Gasteiger partial charge is 0.756 e. The molecule has 0 aromatic rings. The number of aliphatic hydroxyl groups is 1. The van der Waals surface area contributed by atoms with Gasteiger partial charge in [-0.3, -0.25) is 9.36 Å². The lowest BCUT2D eigenvalue weighted by molar-refractivity contribution is -0.870. The number of rotatable bonds is 37. The van der Waals surface area contributed by atoms with Gasteiger partial charge in [-0.25, -0.2) is 0 Å². The normalized spacial score (nSPS) is 14.9. The molecular formula is C42H81N2O6P. The van der Waals surface area contributed by atoms with E-state index in [0.717, 1.165) is 44.9 Å². The molecule has 0 aliphatic carbocycles. The van der Waals surface area contributed by atoms with Crippen molar-refractivity contribution in [3.63, 3.8) is 0 Å². The second kappa shape index (κ2) is 34.5. The molecule has 0 radical (unpaired) electrons. The maximum atomic E-state index is 12.7. The Morgan fingerprint density at radius 2 is 1.10 bits per heavy atom. The Hall–Kier alpha value is -1.28. The molecule has 2 N–H and O–H groups in total. The van der Waals surface area contributed by atoms with Crippen LogP contribution in [0.4, 0.5) is 0 Å². The number of quaternary nitrogens is 1. The molecule has 0 aliphatic rings. The van der Waals surface area contributed by atoms with Crippen molar-refractivity contribution in [2.75, 3.05) is 40.9 Å². The van der Waals surface area contributed by atoms with Crippen molar-refractivity contribution < 1.29 is 32.9 Å². The van der Waals surface area contributed by atoms with Crippen LogP contribution >= 0.6 is 7.82 Å². The third-order valence-corrected chi connectivity index (χ3v) is 10.0. The molecule has 0 saturated carbocycles. The number of amides is 1. The molecule has 0 heterocycles. The first-order valence-electron chi connectivity index (χ1n) is 20.9. The summed E-state index contributed by atoms with van der Waals surface area (Å²) in [6, 6.07) is -0.903. The fourth-order valence-corrected chi connectivity index (χ4v) is 6.43. The highest BCUT2D eigenvalue weighted by Gasteiger charge is 2.23. The minimum absolute atomic E-state index is 0.00836. The summed E-state index contributed by atoms with van der Waals surface area (Å²) in [4.78, 5) is 25.1. The molecule has 0 bridgehead atoms. The van der Waals surface area contributed by atoms with Crippen molar-refractivity contribution in [1.82, 2.24) is 5.32 Å². The minimum atomic E-state index is -4.59. The van der Waals surface area contributed by atoms with E-state index in [1.807, 2.05) is 27.2 Å². The highest BCUT2D eigenvalue weighted by atomic mass is 31.2. The van der Waals surface area contributed by atoms with Gasteiger partial charge in [0.05, 0.1) is 39.9 Å². The van der Waals surface area contributed by atoms with Crippen LogP contribution in [0.15, 0.2) is 36.5 Å². The smallest absolute Gasteiger partial charge is 0.268 e. The Labute approximate surface area is 315 Å². The van der Waals surface area contributed by atoms with Gasteiger partial charge in [-0.1, -0.05) is 159 Å². The summed E-state index contributed by atoms with van der Waals surface area (Å²) >= 11 is 0. The first-order chi connectivity index (χ1) is 24.5. The van der Waals surface area contributed by atoms with Gasteiger partial charge in [0.25, 0.3) is 7.82 Å². The predicted molar refractivity (Wildman–Crippen MR) is 215 cm³/mol. The van der Waals surface area contributed by atoms with Crippen molar-refractivity contribution in [3.05, 3.63) is 36.5 Å². The zero-order valence-electron chi connectivity index (χ0n) is 33.8. The average Bonchev–Trinajstić information content (AvgIpc) is 3.07. The molecule has 3 unspecified atom stereocenters. The fourth-order valence-electron chi connectivity index (χ4n) is 5.71. The lowest BCUT2D eigenvalue weighted by atomic mass is 10.1. The molecular weight excluding hydrogens is 659 g/mol. The van der Waals surface area contributed by atoms with Crippen LogP contribution in [0.5, 0.6) is 0 Å². The van der Waals surface area contributed by atoms with Gasteiger partial charge in [0, 0.05) is 6.42 Å². The van der Waals surface area contributed by atoms with Gasteiger partial charge >= 0.3 is 0 Å². The predicted octanol–water partition coefficient (Wildman–Crippen LogP) is 10.5. The van der Waals surface area contributed by atoms with Crippen LogP contribution in [0.3, 0.4) is 0 Å². The number of hydrogen-bond donors (Lipinski definition) is 2. The number of nitrogens with one attached hydrogen (secondary N) is 1. The zero-order chi connectivity index (χ0) is 37.9. The van der Waals surface area contributed by atoms with Crippen LogP contribution in [0.25, 0.3) is 0 Å². The SMILES string of the molecule is CCCCCCCCCCCC/C=C/CC/C=C/CC/C=C/C(O)C(COP(=O)([O-])OCC[N+](C)(C)C)NC(=O)CCCCCCCCCCC.